The lowest BCUT2D eigenvalue weighted by Gasteiger charge is -2.21. The smallest absolute Gasteiger partial charge is 0.146 e. The van der Waals surface area contributed by atoms with Crippen LogP contribution in [0, 0.1) is 5.82 Å². The largest absolute Gasteiger partial charge is 0.496 e. The third kappa shape index (κ3) is 2.65. The number of nitrogens with one attached hydrogen (secondary N) is 1. The number of nitrogens with two attached hydrogens (primary N) is 2. The molecule has 4 nitrogen and oxygen atoms in total. The molecule has 5 N–H and O–H groups in total. The van der Waals surface area contributed by atoms with Crippen LogP contribution in [0.5, 0.6) is 5.75 Å². The Kier molecular flexibility index (Phi) is 3.54. The van der Waals surface area contributed by atoms with Crippen LogP contribution in [0.2, 0.25) is 0 Å². The zero-order chi connectivity index (χ0) is 15.9. The molecule has 0 saturated carbocycles. The highest BCUT2D eigenvalue weighted by atomic mass is 19.1. The van der Waals surface area contributed by atoms with Crippen molar-refractivity contribution in [2.75, 3.05) is 19.0 Å². The molecule has 1 atom stereocenters. The van der Waals surface area contributed by atoms with Gasteiger partial charge in [-0.15, -0.1) is 0 Å². The Morgan fingerprint density at radius 3 is 2.55 bits per heavy atom. The summed E-state index contributed by atoms with van der Waals surface area (Å²) in [6.45, 7) is 1.97. The van der Waals surface area contributed by atoms with Gasteiger partial charge < -0.3 is 21.5 Å². The molecule has 22 heavy (non-hydrogen) atoms. The maximum atomic E-state index is 14.2. The molecule has 2 aromatic rings. The van der Waals surface area contributed by atoms with Gasteiger partial charge in [0.05, 0.1) is 18.5 Å². The fourth-order valence-corrected chi connectivity index (χ4v) is 2.79. The molecule has 0 aromatic heterocycles. The molecule has 5 heteroatoms. The minimum Gasteiger partial charge on any atom is -0.496 e. The third-order valence-corrected chi connectivity index (χ3v) is 3.84. The van der Waals surface area contributed by atoms with Crippen LogP contribution in [0.1, 0.15) is 29.5 Å². The van der Waals surface area contributed by atoms with Crippen LogP contribution in [0.4, 0.5) is 10.1 Å². The monoisotopic (exact) mass is 301 g/mol. The van der Waals surface area contributed by atoms with E-state index in [9.17, 15) is 4.39 Å². The topological polar surface area (TPSA) is 73.3 Å². The van der Waals surface area contributed by atoms with Crippen LogP contribution in [0.25, 0.3) is 0 Å². The number of ether oxygens (including phenoxy) is 1. The molecular weight excluding hydrogens is 281 g/mol. The van der Waals surface area contributed by atoms with E-state index in [1.165, 1.54) is 6.07 Å². The molecule has 0 fully saturated rings. The quantitative estimate of drug-likeness (QED) is 0.633. The average Bonchev–Trinajstić information content (AvgIpc) is 3.19. The van der Waals surface area contributed by atoms with Gasteiger partial charge in [-0.2, -0.15) is 0 Å². The molecular formula is C17H20FN3O. The van der Waals surface area contributed by atoms with Gasteiger partial charge in [-0.3, -0.25) is 0 Å². The lowest BCUT2D eigenvalue weighted by Crippen LogP contribution is -2.51. The fraction of sp³-hybridized carbons (Fsp3) is 0.294. The van der Waals surface area contributed by atoms with E-state index in [1.807, 2.05) is 24.3 Å². The van der Waals surface area contributed by atoms with Crippen molar-refractivity contribution in [3.63, 3.8) is 0 Å². The van der Waals surface area contributed by atoms with Crippen molar-refractivity contribution in [2.45, 2.75) is 18.5 Å². The summed E-state index contributed by atoms with van der Waals surface area (Å²) in [5.41, 5.74) is 14.3. The van der Waals surface area contributed by atoms with Crippen LogP contribution in [-0.2, 0) is 0 Å². The molecule has 0 saturated heterocycles. The highest BCUT2D eigenvalue weighted by Gasteiger charge is 2.39. The lowest BCUT2D eigenvalue weighted by molar-refractivity contribution is 0.413. The molecule has 2 aromatic carbocycles. The van der Waals surface area contributed by atoms with Gasteiger partial charge in [-0.1, -0.05) is 24.3 Å². The summed E-state index contributed by atoms with van der Waals surface area (Å²) in [5, 5.41) is 3.05. The van der Waals surface area contributed by atoms with E-state index < -0.39 is 5.66 Å². The number of anilines is 1. The molecule has 116 valence electrons. The summed E-state index contributed by atoms with van der Waals surface area (Å²) in [6.07, 6.45) is 0. The minimum absolute atomic E-state index is 0.0601. The minimum atomic E-state index is -0.909. The van der Waals surface area contributed by atoms with Crippen molar-refractivity contribution >= 4 is 5.69 Å². The van der Waals surface area contributed by atoms with Crippen molar-refractivity contribution in [1.82, 2.24) is 0 Å². The predicted molar refractivity (Wildman–Crippen MR) is 85.6 cm³/mol. The summed E-state index contributed by atoms with van der Waals surface area (Å²) in [7, 11) is 1.64. The normalized spacial score (nSPS) is 16.1. The number of halogens is 1. The van der Waals surface area contributed by atoms with Crippen LogP contribution in [0.3, 0.4) is 0 Å². The Morgan fingerprint density at radius 2 is 1.86 bits per heavy atom. The number of hydrogen-bond donors (Lipinski definition) is 3. The number of fused-ring (bicyclic) bond motifs is 1. The highest BCUT2D eigenvalue weighted by Crippen LogP contribution is 2.54. The van der Waals surface area contributed by atoms with E-state index in [1.54, 1.807) is 20.1 Å². The van der Waals surface area contributed by atoms with Gasteiger partial charge in [-0.05, 0) is 30.2 Å². The lowest BCUT2D eigenvalue weighted by atomic mass is 10.0. The fourth-order valence-electron chi connectivity index (χ4n) is 2.79. The van der Waals surface area contributed by atoms with Gasteiger partial charge in [0.2, 0.25) is 0 Å². The first kappa shape index (κ1) is 14.8. The summed E-state index contributed by atoms with van der Waals surface area (Å²) in [4.78, 5) is 0. The number of hydrogen-bond acceptors (Lipinski definition) is 4. The van der Waals surface area contributed by atoms with Crippen molar-refractivity contribution < 1.29 is 9.13 Å². The van der Waals surface area contributed by atoms with Crippen LogP contribution < -0.4 is 21.5 Å². The first-order chi connectivity index (χ1) is 10.4. The third-order valence-electron chi connectivity index (χ3n) is 3.84. The van der Waals surface area contributed by atoms with Crippen molar-refractivity contribution in [3.8, 4) is 5.75 Å². The molecule has 0 spiro atoms. The maximum Gasteiger partial charge on any atom is 0.146 e. The van der Waals surface area contributed by atoms with E-state index in [2.05, 4.69) is 5.32 Å². The van der Waals surface area contributed by atoms with Gasteiger partial charge in [0.15, 0.2) is 0 Å². The Morgan fingerprint density at radius 1 is 1.18 bits per heavy atom. The van der Waals surface area contributed by atoms with Gasteiger partial charge >= 0.3 is 0 Å². The molecule has 0 aliphatic heterocycles. The number of para-hydroxylation sites is 1. The Hall–Kier alpha value is -2.11. The van der Waals surface area contributed by atoms with E-state index >= 15 is 0 Å². The first-order valence-electron chi connectivity index (χ1n) is 7.19. The number of methoxy groups -OCH3 is 1. The second-order valence-corrected chi connectivity index (χ2v) is 5.96. The summed E-state index contributed by atoms with van der Waals surface area (Å²) in [6, 6.07) is 11.0. The maximum absolute atomic E-state index is 14.2. The van der Waals surface area contributed by atoms with Crippen molar-refractivity contribution in [3.05, 3.63) is 58.9 Å². The van der Waals surface area contributed by atoms with Crippen molar-refractivity contribution in [1.29, 1.82) is 0 Å². The zero-order valence-corrected chi connectivity index (χ0v) is 12.7. The van der Waals surface area contributed by atoms with Crippen LogP contribution in [-0.4, -0.2) is 19.3 Å². The number of benzene rings is 2. The van der Waals surface area contributed by atoms with Crippen molar-refractivity contribution in [2.24, 2.45) is 11.5 Å². The highest BCUT2D eigenvalue weighted by molar-refractivity contribution is 5.71. The summed E-state index contributed by atoms with van der Waals surface area (Å²) in [5.74, 6) is 0.587. The van der Waals surface area contributed by atoms with Crippen LogP contribution >= 0.6 is 0 Å². The molecule has 1 aliphatic carbocycles. The van der Waals surface area contributed by atoms with E-state index in [0.717, 1.165) is 22.4 Å². The molecule has 1 aliphatic rings. The molecule has 0 bridgehead atoms. The van der Waals surface area contributed by atoms with E-state index in [4.69, 9.17) is 16.2 Å². The summed E-state index contributed by atoms with van der Waals surface area (Å²) >= 11 is 0. The van der Waals surface area contributed by atoms with Crippen LogP contribution in [0.15, 0.2) is 36.4 Å². The zero-order valence-electron chi connectivity index (χ0n) is 12.7. The Bertz CT molecular complexity index is 710. The second kappa shape index (κ2) is 5.26. The molecule has 0 radical (unpaired) electrons. The predicted octanol–water partition coefficient (Wildman–Crippen LogP) is 2.37. The van der Waals surface area contributed by atoms with Gasteiger partial charge in [-0.25, -0.2) is 4.39 Å². The average molecular weight is 301 g/mol. The number of rotatable bonds is 5. The molecule has 0 heterocycles. The molecule has 0 amide bonds. The van der Waals surface area contributed by atoms with Gasteiger partial charge in [0.1, 0.15) is 11.6 Å². The standard InChI is InChI=1S/C17H20FN3O/c1-17(19,20)9-21-16-11(6-3-7-12(16)18)14-10-5-4-8-13(22-2)15(10)14/h3-8,14,21H,9,19-20H2,1-2H3. The second-order valence-electron chi connectivity index (χ2n) is 5.96. The molecule has 1 unspecified atom stereocenters. The van der Waals surface area contributed by atoms with E-state index in [0.29, 0.717) is 5.69 Å². The van der Waals surface area contributed by atoms with Gasteiger partial charge in [0.25, 0.3) is 0 Å². The Balaban J connectivity index is 1.94. The van der Waals surface area contributed by atoms with E-state index in [-0.39, 0.29) is 18.3 Å². The SMILES string of the molecule is COc1cccc2c1C2c1cccc(F)c1NCC(C)(N)N. The summed E-state index contributed by atoms with van der Waals surface area (Å²) < 4.78 is 19.6. The first-order valence-corrected chi connectivity index (χ1v) is 7.19. The van der Waals surface area contributed by atoms with Gasteiger partial charge in [0, 0.05) is 18.0 Å². The molecule has 3 rings (SSSR count). The Labute approximate surface area is 129 Å².